The summed E-state index contributed by atoms with van der Waals surface area (Å²) in [6, 6.07) is 4.17. The zero-order chi connectivity index (χ0) is 15.0. The molecule has 0 aliphatic carbocycles. The van der Waals surface area contributed by atoms with Gasteiger partial charge in [-0.3, -0.25) is 0 Å². The summed E-state index contributed by atoms with van der Waals surface area (Å²) < 4.78 is 0. The third-order valence-electron chi connectivity index (χ3n) is 3.89. The number of thiophene rings is 1. The normalized spacial score (nSPS) is 10.3. The Morgan fingerprint density at radius 2 is 1.38 bits per heavy atom. The summed E-state index contributed by atoms with van der Waals surface area (Å²) in [6.07, 6.45) is 18.0. The molecule has 118 valence electrons. The summed E-state index contributed by atoms with van der Waals surface area (Å²) in [4.78, 5) is 1.20. The minimum Gasteiger partial charge on any atom is -0.135 e. The van der Waals surface area contributed by atoms with Crippen LogP contribution in [0.4, 0.5) is 0 Å². The van der Waals surface area contributed by atoms with E-state index < -0.39 is 0 Å². The highest BCUT2D eigenvalue weighted by molar-refractivity contribution is 7.10. The second-order valence-corrected chi connectivity index (χ2v) is 6.87. The highest BCUT2D eigenvalue weighted by Crippen LogP contribution is 2.12. The molecule has 0 unspecified atom stereocenters. The minimum absolute atomic E-state index is 1.06. The van der Waals surface area contributed by atoms with Crippen LogP contribution in [0, 0.1) is 11.8 Å². The molecule has 0 aliphatic heterocycles. The summed E-state index contributed by atoms with van der Waals surface area (Å²) in [5, 5.41) is 2.09. The molecule has 21 heavy (non-hydrogen) atoms. The highest BCUT2D eigenvalue weighted by Gasteiger charge is 1.93. The average molecular weight is 305 g/mol. The van der Waals surface area contributed by atoms with Crippen molar-refractivity contribution >= 4 is 11.3 Å². The number of hydrogen-bond donors (Lipinski definition) is 0. The van der Waals surface area contributed by atoms with Crippen molar-refractivity contribution in [2.45, 2.75) is 90.4 Å². The Balaban J connectivity index is 1.77. The van der Waals surface area contributed by atoms with Gasteiger partial charge in [0, 0.05) is 6.42 Å². The van der Waals surface area contributed by atoms with Crippen molar-refractivity contribution in [2.75, 3.05) is 0 Å². The van der Waals surface area contributed by atoms with Crippen molar-refractivity contribution in [1.29, 1.82) is 0 Å². The van der Waals surface area contributed by atoms with Crippen molar-refractivity contribution in [3.05, 3.63) is 22.4 Å². The fraction of sp³-hybridized carbons (Fsp3) is 0.700. The molecule has 0 saturated heterocycles. The van der Waals surface area contributed by atoms with Gasteiger partial charge in [-0.25, -0.2) is 0 Å². The number of unbranched alkanes of at least 4 members (excludes halogenated alkanes) is 12. The first kappa shape index (κ1) is 18.3. The van der Waals surface area contributed by atoms with Gasteiger partial charge < -0.3 is 0 Å². The molecule has 0 amide bonds. The van der Waals surface area contributed by atoms with E-state index in [9.17, 15) is 0 Å². The topological polar surface area (TPSA) is 0 Å². The second kappa shape index (κ2) is 14.2. The third-order valence-corrected chi connectivity index (χ3v) is 4.67. The van der Waals surface area contributed by atoms with Crippen molar-refractivity contribution < 1.29 is 0 Å². The lowest BCUT2D eigenvalue weighted by atomic mass is 10.0. The van der Waals surface area contributed by atoms with Gasteiger partial charge in [-0.1, -0.05) is 95.5 Å². The van der Waals surface area contributed by atoms with Gasteiger partial charge in [-0.15, -0.1) is 11.3 Å². The molecular formula is C20H32S. The molecule has 1 heteroatoms. The molecule has 1 heterocycles. The van der Waals surface area contributed by atoms with E-state index in [1.807, 2.05) is 0 Å². The van der Waals surface area contributed by atoms with Gasteiger partial charge in [-0.05, 0) is 17.9 Å². The average Bonchev–Trinajstić information content (AvgIpc) is 3.01. The number of hydrogen-bond acceptors (Lipinski definition) is 1. The van der Waals surface area contributed by atoms with Gasteiger partial charge in [0.2, 0.25) is 0 Å². The lowest BCUT2D eigenvalue weighted by Gasteiger charge is -2.01. The first-order chi connectivity index (χ1) is 10.4. The largest absolute Gasteiger partial charge is 0.135 e. The lowest BCUT2D eigenvalue weighted by Crippen LogP contribution is -1.82. The summed E-state index contributed by atoms with van der Waals surface area (Å²) in [5.41, 5.74) is 0. The van der Waals surface area contributed by atoms with Crippen LogP contribution in [0.5, 0.6) is 0 Å². The SMILES string of the molecule is CCCCCCCCCCCCCCC#Cc1cccs1. The van der Waals surface area contributed by atoms with E-state index in [1.54, 1.807) is 11.3 Å². The van der Waals surface area contributed by atoms with Crippen LogP contribution in [0.2, 0.25) is 0 Å². The van der Waals surface area contributed by atoms with Gasteiger partial charge >= 0.3 is 0 Å². The molecule has 0 bridgehead atoms. The molecule has 1 rings (SSSR count). The van der Waals surface area contributed by atoms with E-state index in [2.05, 4.69) is 36.3 Å². The molecule has 0 fully saturated rings. The molecule has 0 spiro atoms. The van der Waals surface area contributed by atoms with E-state index in [0.29, 0.717) is 0 Å². The first-order valence-electron chi connectivity index (χ1n) is 8.96. The molecule has 0 N–H and O–H groups in total. The van der Waals surface area contributed by atoms with Crippen LogP contribution in [0.1, 0.15) is 95.3 Å². The predicted molar refractivity (Wildman–Crippen MR) is 96.9 cm³/mol. The fourth-order valence-electron chi connectivity index (χ4n) is 2.55. The maximum absolute atomic E-state index is 3.28. The standard InChI is InChI=1S/C20H32S/c1-2-3-4-5-6-7-8-9-10-11-12-13-14-15-17-20-18-16-19-21-20/h16,18-19H,2-14H2,1H3. The van der Waals surface area contributed by atoms with E-state index in [-0.39, 0.29) is 0 Å². The number of rotatable bonds is 12. The summed E-state index contributed by atoms with van der Waals surface area (Å²) in [7, 11) is 0. The minimum atomic E-state index is 1.06. The van der Waals surface area contributed by atoms with Crippen molar-refractivity contribution in [1.82, 2.24) is 0 Å². The van der Waals surface area contributed by atoms with Crippen LogP contribution in [0.3, 0.4) is 0 Å². The Hall–Kier alpha value is -0.740. The van der Waals surface area contributed by atoms with Gasteiger partial charge in [0.25, 0.3) is 0 Å². The summed E-state index contributed by atoms with van der Waals surface area (Å²) in [6.45, 7) is 2.29. The van der Waals surface area contributed by atoms with E-state index in [0.717, 1.165) is 6.42 Å². The predicted octanol–water partition coefficient (Wildman–Crippen LogP) is 7.19. The smallest absolute Gasteiger partial charge is 0.0768 e. The Kier molecular flexibility index (Phi) is 12.4. The zero-order valence-corrected chi connectivity index (χ0v) is 14.6. The van der Waals surface area contributed by atoms with Crippen molar-refractivity contribution in [3.63, 3.8) is 0 Å². The molecule has 0 saturated carbocycles. The zero-order valence-electron chi connectivity index (χ0n) is 13.8. The maximum Gasteiger partial charge on any atom is 0.0768 e. The van der Waals surface area contributed by atoms with Gasteiger partial charge in [0.05, 0.1) is 4.88 Å². The van der Waals surface area contributed by atoms with Crippen LogP contribution in [0.15, 0.2) is 17.5 Å². The second-order valence-electron chi connectivity index (χ2n) is 5.92. The molecule has 0 aromatic carbocycles. The van der Waals surface area contributed by atoms with Crippen molar-refractivity contribution in [3.8, 4) is 11.8 Å². The van der Waals surface area contributed by atoms with E-state index in [4.69, 9.17) is 0 Å². The molecular weight excluding hydrogens is 272 g/mol. The monoisotopic (exact) mass is 304 g/mol. The van der Waals surface area contributed by atoms with Gasteiger partial charge in [0.15, 0.2) is 0 Å². The van der Waals surface area contributed by atoms with Crippen LogP contribution < -0.4 is 0 Å². The summed E-state index contributed by atoms with van der Waals surface area (Å²) >= 11 is 1.73. The Labute approximate surface area is 136 Å². The third kappa shape index (κ3) is 11.6. The van der Waals surface area contributed by atoms with E-state index in [1.165, 1.54) is 81.9 Å². The highest BCUT2D eigenvalue weighted by atomic mass is 32.1. The van der Waals surface area contributed by atoms with Crippen LogP contribution >= 0.6 is 11.3 Å². The quantitative estimate of drug-likeness (QED) is 0.283. The molecule has 0 radical (unpaired) electrons. The fourth-order valence-corrected chi connectivity index (χ4v) is 3.15. The first-order valence-corrected chi connectivity index (χ1v) is 9.84. The molecule has 0 aliphatic rings. The van der Waals surface area contributed by atoms with Crippen LogP contribution in [0.25, 0.3) is 0 Å². The maximum atomic E-state index is 3.28. The Bertz CT molecular complexity index is 366. The van der Waals surface area contributed by atoms with Crippen LogP contribution in [-0.4, -0.2) is 0 Å². The molecule has 0 nitrogen and oxygen atoms in total. The van der Waals surface area contributed by atoms with Crippen LogP contribution in [-0.2, 0) is 0 Å². The van der Waals surface area contributed by atoms with E-state index >= 15 is 0 Å². The molecule has 0 atom stereocenters. The Morgan fingerprint density at radius 1 is 0.810 bits per heavy atom. The van der Waals surface area contributed by atoms with Gasteiger partial charge in [-0.2, -0.15) is 0 Å². The molecule has 1 aromatic rings. The van der Waals surface area contributed by atoms with Gasteiger partial charge in [0.1, 0.15) is 0 Å². The Morgan fingerprint density at radius 3 is 1.90 bits per heavy atom. The van der Waals surface area contributed by atoms with Crippen molar-refractivity contribution in [2.24, 2.45) is 0 Å². The summed E-state index contributed by atoms with van der Waals surface area (Å²) in [5.74, 6) is 6.52. The molecule has 1 aromatic heterocycles. The lowest BCUT2D eigenvalue weighted by molar-refractivity contribution is 0.545.